The summed E-state index contributed by atoms with van der Waals surface area (Å²) in [7, 11) is -6.28. The van der Waals surface area contributed by atoms with E-state index in [-0.39, 0.29) is 202 Å². The van der Waals surface area contributed by atoms with Crippen molar-refractivity contribution in [2.75, 3.05) is 57.4 Å². The van der Waals surface area contributed by atoms with E-state index in [1.54, 1.807) is 17.3 Å². The Hall–Kier alpha value is -10.5. The van der Waals surface area contributed by atoms with Gasteiger partial charge in [-0.25, -0.2) is 83.0 Å². The van der Waals surface area contributed by atoms with E-state index in [2.05, 4.69) is 124 Å². The van der Waals surface area contributed by atoms with Gasteiger partial charge in [0.05, 0.1) is 67.3 Å². The van der Waals surface area contributed by atoms with Gasteiger partial charge in [-0.15, -0.1) is 45.3 Å². The van der Waals surface area contributed by atoms with Gasteiger partial charge >= 0.3 is 0 Å². The molecule has 16 heterocycles. The molecule has 18 rings (SSSR count). The lowest BCUT2D eigenvalue weighted by molar-refractivity contribution is 0.0117. The summed E-state index contributed by atoms with van der Waals surface area (Å²) < 4.78 is 132. The van der Waals surface area contributed by atoms with Crippen LogP contribution < -0.4 is 42.5 Å². The Balaban J connectivity index is 0.000000148. The zero-order chi connectivity index (χ0) is 107. The maximum atomic E-state index is 14.3. The van der Waals surface area contributed by atoms with E-state index in [0.29, 0.717) is 58.3 Å². The highest BCUT2D eigenvalue weighted by molar-refractivity contribution is 7.91. The van der Waals surface area contributed by atoms with Gasteiger partial charge < -0.3 is 72.3 Å². The van der Waals surface area contributed by atoms with Crippen LogP contribution in [0.3, 0.4) is 0 Å². The van der Waals surface area contributed by atoms with Gasteiger partial charge in [-0.1, -0.05) is 0 Å². The first-order valence-electron chi connectivity index (χ1n) is 50.7. The first-order chi connectivity index (χ1) is 69.4. The average molecular weight is 2170 g/mol. The van der Waals surface area contributed by atoms with Crippen molar-refractivity contribution in [2.45, 2.75) is 359 Å². The number of nitrogens with one attached hydrogen (secondary N) is 8. The minimum absolute atomic E-state index is 0.0178. The number of aliphatic hydroxyl groups is 2. The summed E-state index contributed by atoms with van der Waals surface area (Å²) >= 11 is 4.03. The number of rotatable bonds is 22. The second kappa shape index (κ2) is 44.8. The number of carbonyl (C=O) groups excluding carboxylic acids is 8. The topological polar surface area (TPSA) is 458 Å². The predicted molar refractivity (Wildman–Crippen MR) is 559 cm³/mol. The smallest absolute Gasteiger partial charge is 0.280 e. The van der Waals surface area contributed by atoms with Crippen molar-refractivity contribution < 1.29 is 91.7 Å². The fourth-order valence-corrected chi connectivity index (χ4v) is 27.9. The van der Waals surface area contributed by atoms with E-state index < -0.39 is 116 Å². The molecule has 8 saturated heterocycles. The summed E-state index contributed by atoms with van der Waals surface area (Å²) in [5, 5.41) is 44.5. The summed E-state index contributed by atoms with van der Waals surface area (Å²) in [5.74, 6) is -4.75. The third-order valence-corrected chi connectivity index (χ3v) is 35.7. The number of fused-ring (bicyclic) bond motifs is 4. The van der Waals surface area contributed by atoms with Crippen LogP contribution in [0.15, 0.2) is 49.1 Å². The number of alkyl halides is 6. The van der Waals surface area contributed by atoms with Crippen molar-refractivity contribution in [3.63, 3.8) is 0 Å². The Morgan fingerprint density at radius 2 is 0.736 bits per heavy atom. The highest BCUT2D eigenvalue weighted by Gasteiger charge is 2.50. The number of nitrogens with zero attached hydrogens (tertiary/aromatic N) is 12. The number of carbonyl (C=O) groups is 8. The molecule has 8 aromatic rings. The molecule has 4 bridgehead atoms. The summed E-state index contributed by atoms with van der Waals surface area (Å²) in [5.41, 5.74) is 1.80. The highest BCUT2D eigenvalue weighted by Crippen LogP contribution is 2.48. The van der Waals surface area contributed by atoms with Crippen LogP contribution in [0, 0.1) is 13.8 Å². The molecule has 10 fully saturated rings. The van der Waals surface area contributed by atoms with Crippen molar-refractivity contribution in [2.24, 2.45) is 0 Å². The Morgan fingerprint density at radius 3 is 1.04 bits per heavy atom. The maximum absolute atomic E-state index is 14.3. The van der Waals surface area contributed by atoms with Crippen LogP contribution in [0.5, 0.6) is 0 Å². The molecule has 8 aromatic heterocycles. The normalized spacial score (nSPS) is 23.0. The van der Waals surface area contributed by atoms with Crippen LogP contribution in [0.4, 0.5) is 49.6 Å². The molecule has 6 atom stereocenters. The van der Waals surface area contributed by atoms with Crippen LogP contribution >= 0.6 is 45.3 Å². The van der Waals surface area contributed by atoms with Crippen molar-refractivity contribution in [1.29, 1.82) is 0 Å². The third kappa shape index (κ3) is 27.1. The molecule has 46 heteroatoms. The Kier molecular flexibility index (Phi) is 33.8. The number of amides is 8. The monoisotopic (exact) mass is 2170 g/mol. The fraction of sp³-hybridized carbons (Fsp3) is 0.608. The number of aromatic nitrogens is 8. The van der Waals surface area contributed by atoms with Gasteiger partial charge in [-0.3, -0.25) is 38.4 Å². The molecule has 8 amide bonds. The number of aliphatic hydroxyl groups excluding tert-OH is 2. The number of anilines is 4. The number of likely N-dealkylation sites (tertiary alicyclic amines) is 2. The molecule has 0 spiro atoms. The Morgan fingerprint density at radius 1 is 0.405 bits per heavy atom. The first kappa shape index (κ1) is 112. The lowest BCUT2D eigenvalue weighted by atomic mass is 10.0. The fourth-order valence-electron chi connectivity index (χ4n) is 20.8. The largest absolute Gasteiger partial charge is 0.393 e. The first-order valence-corrected chi connectivity index (χ1v) is 57.6. The van der Waals surface area contributed by atoms with Crippen LogP contribution in [0.1, 0.15) is 348 Å². The predicted octanol–water partition coefficient (Wildman–Crippen LogP) is 17.1. The Labute approximate surface area is 874 Å². The molecule has 10 N–H and O–H groups in total. The quantitative estimate of drug-likeness (QED) is 0.0282. The van der Waals surface area contributed by atoms with E-state index in [1.807, 2.05) is 84.2 Å². The van der Waals surface area contributed by atoms with Gasteiger partial charge in [-0.2, -0.15) is 0 Å². The van der Waals surface area contributed by atoms with Crippen molar-refractivity contribution >= 4 is 136 Å². The number of hydrogen-bond donors (Lipinski definition) is 10. The molecule has 148 heavy (non-hydrogen) atoms. The van der Waals surface area contributed by atoms with Gasteiger partial charge in [0.15, 0.2) is 20.0 Å². The summed E-state index contributed by atoms with van der Waals surface area (Å²) in [6.45, 7) is 30.6. The lowest BCUT2D eigenvalue weighted by Gasteiger charge is -2.23. The number of sulfone groups is 2. The van der Waals surface area contributed by atoms with Gasteiger partial charge in [0, 0.05) is 148 Å². The minimum Gasteiger partial charge on any atom is -0.393 e. The van der Waals surface area contributed by atoms with E-state index in [4.69, 9.17) is 0 Å². The molecule has 804 valence electrons. The van der Waals surface area contributed by atoms with Crippen molar-refractivity contribution in [3.05, 3.63) is 114 Å². The summed E-state index contributed by atoms with van der Waals surface area (Å²) in [6, 6.07) is 5.43. The van der Waals surface area contributed by atoms with Gasteiger partial charge in [0.2, 0.25) is 0 Å². The molecule has 0 unspecified atom stereocenters. The highest BCUT2D eigenvalue weighted by atomic mass is 32.2. The van der Waals surface area contributed by atoms with Crippen LogP contribution in [-0.4, -0.2) is 271 Å². The number of pyridine rings is 4. The summed E-state index contributed by atoms with van der Waals surface area (Å²) in [4.78, 5) is 150. The third-order valence-electron chi connectivity index (χ3n) is 27.9. The zero-order valence-electron chi connectivity index (χ0n) is 86.2. The molecule has 0 aromatic carbocycles. The minimum atomic E-state index is -3.18. The van der Waals surface area contributed by atoms with E-state index in [1.165, 1.54) is 41.9 Å². The number of hydrogen-bond acceptors (Lipinski definition) is 30. The maximum Gasteiger partial charge on any atom is 0.280 e. The molecule has 0 radical (unpaired) electrons. The lowest BCUT2D eigenvalue weighted by Crippen LogP contribution is -2.41. The number of halogens is 6. The van der Waals surface area contributed by atoms with Crippen molar-refractivity contribution in [3.8, 4) is 41.8 Å². The van der Waals surface area contributed by atoms with Gasteiger partial charge in [0.25, 0.3) is 66.0 Å². The van der Waals surface area contributed by atoms with Gasteiger partial charge in [0.1, 0.15) is 65.7 Å². The van der Waals surface area contributed by atoms with Crippen LogP contribution in [0.25, 0.3) is 41.8 Å². The standard InChI is InChI=1S/2C26H35N5O3S.C25H31F4N5O4S2.C25H33F2N5O4S2/c1-14-11-20(30-26(2,3)4)27-13-19(14)22-21(25(34)31-16-6-7-17(31)9-8-16)29-24(35-22)23(33)28-15-5-10-18(32)12-15;1-14-12-20(30-26(2,3)4)27-13-17(14)22-21(25(34)31-15-8-9-16(31)11-10-15)29-24(35-22)23(33)28-18-6-5-7-19(18)32;1-13-10-25(28,29)12-34(13)23(36)18-19(16-11-30-17(33-24(2,3)4)9-15(16)20(26)27)39-22(32-18)21(35)31-14-5-7-40(37,38)8-6-14;1-14-6-5-9-32(14)24(34)19-20(17-13-28-18(31-25(2,3)4)12-16(17)21(26)27)37-23(30-19)22(33)29-15-7-10-38(35,36)11-8-15/h11,13,15-18,32H,5-10,12H2,1-4H3,(H,27,30)(H,28,33);12-13,15-16,18-19,32H,5-11H2,1-4H3,(H,27,30)(H,28,33);9,11,13-14,20H,5-8,10,12H2,1-4H3,(H,30,33)(H,31,35);12-15,21H,5-11H2,1-4H3,(H,28,31)(H,29,33)/t15-,16?,17?,18-;15?,16?,18-,19-;13-;14-/m1100/s1. The molecular weight excluding hydrogens is 2040 g/mol. The molecular formula is C102H134F6N20O14S6. The van der Waals surface area contributed by atoms with E-state index >= 15 is 0 Å². The second-order valence-corrected chi connectivity index (χ2v) is 53.3. The molecule has 2 aliphatic carbocycles. The molecule has 2 saturated carbocycles. The van der Waals surface area contributed by atoms with E-state index in [0.717, 1.165) is 146 Å². The number of aryl methyl sites for hydroxylation is 2. The Bertz CT molecular complexity index is 6490. The average Bonchev–Trinajstić information content (AvgIpc) is 1.61. The van der Waals surface area contributed by atoms with Crippen LogP contribution in [-0.2, 0) is 19.7 Å². The van der Waals surface area contributed by atoms with Crippen molar-refractivity contribution in [1.82, 2.24) is 80.7 Å². The number of thiazole rings is 4. The molecule has 10 aliphatic rings. The SMILES string of the molecule is C[C@H]1CC(F)(F)CN1C(=O)c1nc(C(=O)NC2CCS(=O)(=O)CC2)sc1-c1cnc(NC(C)(C)C)cc1C(F)F.C[C@H]1CCCN1C(=O)c1nc(C(=O)NC2CCS(=O)(=O)CC2)sc1-c1cnc(NC(C)(C)C)cc1C(F)F.Cc1cc(NC(C)(C)C)ncc1-c1sc(C(=O)N[C@@H]2CCC[C@H]2O)nc1C(=O)N1C2CCC1CC2.Cc1cc(NC(C)(C)C)ncc1-c1sc(C(=O)N[C@@H]2CC[C@@H](O)C2)nc1C(=O)N1C2CCC1CC2. The van der Waals surface area contributed by atoms with E-state index in [9.17, 15) is 91.7 Å². The summed E-state index contributed by atoms with van der Waals surface area (Å²) in [6.07, 6.45) is 13.9. The molecule has 8 aliphatic heterocycles. The molecule has 34 nitrogen and oxygen atoms in total. The van der Waals surface area contributed by atoms with Gasteiger partial charge in [-0.05, 0) is 275 Å². The zero-order valence-corrected chi connectivity index (χ0v) is 91.1. The van der Waals surface area contributed by atoms with Crippen LogP contribution in [0.2, 0.25) is 0 Å². The second-order valence-electron chi connectivity index (χ2n) is 44.7.